The van der Waals surface area contributed by atoms with Crippen molar-refractivity contribution in [2.75, 3.05) is 0 Å². The quantitative estimate of drug-likeness (QED) is 0.148. The van der Waals surface area contributed by atoms with Gasteiger partial charge in [-0.1, -0.05) is 121 Å². The molecule has 4 aromatic carbocycles. The van der Waals surface area contributed by atoms with Crippen molar-refractivity contribution in [1.29, 1.82) is 0 Å². The SMILES string of the molecule is CC(C)(C)c1[c-]c2c(cc1)-c1ccc(C(C)(C)C)cc1C2.CCC1[C-]=CC(C(C)(C)C)=C1.Cl.Cl.Clc1cc[c-]cc1.Clc1cc[c-]cc1.[CH2]=[Zr]. The Hall–Kier alpha value is -1.73. The third-order valence-electron chi connectivity index (χ3n) is 7.96. The molecule has 0 nitrogen and oxygen atoms in total. The molecule has 0 spiro atoms. The number of fused-ring (bicyclic) bond motifs is 3. The molecule has 0 aliphatic heterocycles. The van der Waals surface area contributed by atoms with Gasteiger partial charge in [-0.2, -0.15) is 96.1 Å². The van der Waals surface area contributed by atoms with Crippen LogP contribution in [0.1, 0.15) is 97.9 Å². The molecule has 0 amide bonds. The first-order valence-corrected chi connectivity index (χ1v) is 19.1. The Balaban J connectivity index is 0.000000697. The summed E-state index contributed by atoms with van der Waals surface area (Å²) in [4.78, 5) is 0. The summed E-state index contributed by atoms with van der Waals surface area (Å²) >= 11 is 12.3. The molecule has 6 rings (SSSR count). The Morgan fingerprint density at radius 3 is 1.56 bits per heavy atom. The normalized spacial score (nSPS) is 13.7. The molecule has 0 N–H and O–H groups in total. The van der Waals surface area contributed by atoms with E-state index in [1.54, 1.807) is 48.5 Å². The van der Waals surface area contributed by atoms with E-state index in [0.29, 0.717) is 11.3 Å². The number of hydrogen-bond donors (Lipinski definition) is 0. The average Bonchev–Trinajstić information content (AvgIpc) is 3.68. The molecular weight excluding hydrogens is 774 g/mol. The molecule has 4 aromatic rings. The first kappa shape index (κ1) is 48.3. The molecule has 0 fully saturated rings. The molecule has 0 radical (unpaired) electrons. The van der Waals surface area contributed by atoms with Gasteiger partial charge in [0.2, 0.25) is 0 Å². The van der Waals surface area contributed by atoms with Crippen LogP contribution in [0, 0.1) is 35.6 Å². The molecule has 270 valence electrons. The molecule has 0 aromatic heterocycles. The first-order chi connectivity index (χ1) is 22.5. The molecule has 2 aliphatic carbocycles. The van der Waals surface area contributed by atoms with Gasteiger partial charge < -0.3 is 0 Å². The van der Waals surface area contributed by atoms with Crippen LogP contribution in [0.2, 0.25) is 10.0 Å². The van der Waals surface area contributed by atoms with Gasteiger partial charge in [0.05, 0.1) is 0 Å². The summed E-state index contributed by atoms with van der Waals surface area (Å²) in [5.41, 5.74) is 10.4. The zero-order valence-corrected chi connectivity index (χ0v) is 37.0. The Kier molecular flexibility index (Phi) is 21.6. The van der Waals surface area contributed by atoms with Gasteiger partial charge in [-0.25, -0.2) is 6.08 Å². The van der Waals surface area contributed by atoms with Gasteiger partial charge >= 0.3 is 28.4 Å². The van der Waals surface area contributed by atoms with Gasteiger partial charge in [-0.15, -0.1) is 59.1 Å². The molecular formula is C45H54Cl4Zr-4. The second-order valence-corrected chi connectivity index (χ2v) is 15.8. The summed E-state index contributed by atoms with van der Waals surface area (Å²) in [6.07, 6.45) is 10.0. The molecule has 1 atom stereocenters. The van der Waals surface area contributed by atoms with Gasteiger partial charge in [-0.3, -0.25) is 6.08 Å². The third kappa shape index (κ3) is 15.9. The number of benzene rings is 4. The van der Waals surface area contributed by atoms with E-state index >= 15 is 0 Å². The van der Waals surface area contributed by atoms with Crippen LogP contribution in [0.3, 0.4) is 0 Å². The van der Waals surface area contributed by atoms with Crippen molar-refractivity contribution in [3.05, 3.63) is 153 Å². The fourth-order valence-electron chi connectivity index (χ4n) is 4.97. The predicted octanol–water partition coefficient (Wildman–Crippen LogP) is 14.1. The van der Waals surface area contributed by atoms with Crippen LogP contribution in [0.5, 0.6) is 0 Å². The van der Waals surface area contributed by atoms with Crippen LogP contribution in [0.15, 0.2) is 96.6 Å². The maximum atomic E-state index is 5.52. The monoisotopic (exact) mass is 824 g/mol. The van der Waals surface area contributed by atoms with E-state index in [-0.39, 0.29) is 35.6 Å². The maximum absolute atomic E-state index is 5.52. The molecule has 1 unspecified atom stereocenters. The summed E-state index contributed by atoms with van der Waals surface area (Å²) in [7, 11) is 0. The molecule has 50 heavy (non-hydrogen) atoms. The molecule has 5 heteroatoms. The van der Waals surface area contributed by atoms with Crippen molar-refractivity contribution >= 4 is 52.2 Å². The predicted molar refractivity (Wildman–Crippen MR) is 222 cm³/mol. The van der Waals surface area contributed by atoms with Crippen LogP contribution in [-0.4, -0.2) is 4.21 Å². The zero-order valence-electron chi connectivity index (χ0n) is 31.4. The van der Waals surface area contributed by atoms with Crippen molar-refractivity contribution in [3.8, 4) is 11.1 Å². The van der Waals surface area contributed by atoms with E-state index in [1.807, 2.05) is 0 Å². The fourth-order valence-corrected chi connectivity index (χ4v) is 5.22. The van der Waals surface area contributed by atoms with Crippen LogP contribution >= 0.6 is 48.0 Å². The minimum atomic E-state index is 0. The number of halogens is 4. The van der Waals surface area contributed by atoms with E-state index in [4.69, 9.17) is 23.2 Å². The Bertz CT molecular complexity index is 1520. The van der Waals surface area contributed by atoms with Crippen LogP contribution < -0.4 is 0 Å². The van der Waals surface area contributed by atoms with Crippen molar-refractivity contribution < 1.29 is 24.2 Å². The topological polar surface area (TPSA) is 0 Å². The molecule has 2 aliphatic rings. The Morgan fingerprint density at radius 2 is 1.20 bits per heavy atom. The number of allylic oxidation sites excluding steroid dienone is 4. The average molecular weight is 828 g/mol. The van der Waals surface area contributed by atoms with E-state index < -0.39 is 0 Å². The van der Waals surface area contributed by atoms with Gasteiger partial charge in [0, 0.05) is 0 Å². The standard InChI is InChI=1S/C21H25.C11H17.2C6H4Cl.CH2.2ClH.Zr/c1-20(2,3)16-7-9-18-14(12-16)11-15-13-17(21(4,5)6)8-10-19(15)18;1-5-9-6-7-10(8-9)11(2,3)4;2*7-6-4-2-1-3-5-6;;;;/h7-10,12H,11H2,1-6H3;7-9H,5H2,1-4H3;2*2-5H;1H2;2*1H;/q4*-1;;;;. The van der Waals surface area contributed by atoms with E-state index in [0.717, 1.165) is 16.5 Å². The van der Waals surface area contributed by atoms with Crippen LogP contribution in [0.4, 0.5) is 0 Å². The van der Waals surface area contributed by atoms with E-state index in [9.17, 15) is 0 Å². The van der Waals surface area contributed by atoms with Gasteiger partial charge in [-0.05, 0) is 28.4 Å². The van der Waals surface area contributed by atoms with Crippen molar-refractivity contribution in [1.82, 2.24) is 0 Å². The van der Waals surface area contributed by atoms with Gasteiger partial charge in [0.1, 0.15) is 0 Å². The summed E-state index contributed by atoms with van der Waals surface area (Å²) in [5, 5.41) is 1.53. The van der Waals surface area contributed by atoms with E-state index in [2.05, 4.69) is 140 Å². The molecule has 0 heterocycles. The van der Waals surface area contributed by atoms with Crippen LogP contribution in [-0.2, 0) is 41.5 Å². The third-order valence-corrected chi connectivity index (χ3v) is 8.46. The second kappa shape index (κ2) is 22.4. The fraction of sp³-hybridized carbons (Fsp3) is 0.356. The van der Waals surface area contributed by atoms with Gasteiger partial charge in [0.15, 0.2) is 0 Å². The Morgan fingerprint density at radius 1 is 0.700 bits per heavy atom. The molecule has 0 bridgehead atoms. The number of rotatable bonds is 1. The molecule has 0 saturated carbocycles. The number of hydrogen-bond acceptors (Lipinski definition) is 0. The summed E-state index contributed by atoms with van der Waals surface area (Å²) < 4.78 is 3.34. The summed E-state index contributed by atoms with van der Waals surface area (Å²) in [6.45, 7) is 22.5. The Labute approximate surface area is 342 Å². The van der Waals surface area contributed by atoms with Crippen molar-refractivity contribution in [2.45, 2.75) is 92.9 Å². The van der Waals surface area contributed by atoms with Gasteiger partial charge in [0.25, 0.3) is 0 Å². The summed E-state index contributed by atoms with van der Waals surface area (Å²) in [6, 6.07) is 35.2. The summed E-state index contributed by atoms with van der Waals surface area (Å²) in [5.74, 6) is 0.573. The zero-order chi connectivity index (χ0) is 36.1. The first-order valence-electron chi connectivity index (χ1n) is 16.6. The van der Waals surface area contributed by atoms with Crippen molar-refractivity contribution in [2.24, 2.45) is 11.3 Å². The second-order valence-electron chi connectivity index (χ2n) is 14.9. The van der Waals surface area contributed by atoms with E-state index in [1.165, 1.54) is 69.6 Å². The molecule has 0 saturated heterocycles. The van der Waals surface area contributed by atoms with Crippen LogP contribution in [0.25, 0.3) is 11.1 Å². The minimum absolute atomic E-state index is 0. The van der Waals surface area contributed by atoms with Crippen molar-refractivity contribution in [3.63, 3.8) is 0 Å².